The molecule has 3 aromatic carbocycles. The molecule has 0 aliphatic carbocycles. The summed E-state index contributed by atoms with van der Waals surface area (Å²) in [7, 11) is 0. The van der Waals surface area contributed by atoms with E-state index in [1.807, 2.05) is 0 Å². The van der Waals surface area contributed by atoms with E-state index in [2.05, 4.69) is 5.11 Å². The molecule has 0 saturated carbocycles. The molecule has 20 heavy (non-hydrogen) atoms. The third kappa shape index (κ3) is 1.53. The Kier molecular flexibility index (Phi) is 2.61. The number of nitrogens with one attached hydrogen (secondary N) is 1. The molecular formula is C15H10N2O3. The molecule has 1 amide bonds. The Hall–Kier alpha value is -2.95. The van der Waals surface area contributed by atoms with Gasteiger partial charge in [-0.05, 0) is 6.07 Å². The summed E-state index contributed by atoms with van der Waals surface area (Å²) < 4.78 is 0. The van der Waals surface area contributed by atoms with Crippen molar-refractivity contribution in [1.29, 1.82) is 5.53 Å². The summed E-state index contributed by atoms with van der Waals surface area (Å²) >= 11 is 0. The summed E-state index contributed by atoms with van der Waals surface area (Å²) in [6, 6.07) is 11.5. The lowest BCUT2D eigenvalue weighted by molar-refractivity contribution is 0.0992. The molecule has 5 nitrogen and oxygen atoms in total. The molecule has 0 saturated heterocycles. The van der Waals surface area contributed by atoms with Crippen LogP contribution in [0.5, 0.6) is 11.5 Å². The minimum absolute atomic E-state index is 0.00645. The number of rotatable bonds is 1. The lowest BCUT2D eigenvalue weighted by Crippen LogP contribution is -1.95. The average Bonchev–Trinajstić information content (AvgIpc) is 2.51. The van der Waals surface area contributed by atoms with E-state index >= 15 is 0 Å². The van der Waals surface area contributed by atoms with Crippen molar-refractivity contribution in [3.8, 4) is 11.5 Å². The minimum Gasteiger partial charge on any atom is -0.507 e. The van der Waals surface area contributed by atoms with Crippen LogP contribution in [0.3, 0.4) is 0 Å². The number of hydrogen-bond acceptors (Lipinski definition) is 4. The first-order valence-electron chi connectivity index (χ1n) is 5.92. The maximum absolute atomic E-state index is 11.7. The highest BCUT2D eigenvalue weighted by atomic mass is 16.3. The first kappa shape index (κ1) is 12.1. The van der Waals surface area contributed by atoms with Crippen molar-refractivity contribution in [2.45, 2.75) is 0 Å². The second-order valence-corrected chi connectivity index (χ2v) is 4.39. The summed E-state index contributed by atoms with van der Waals surface area (Å²) in [5, 5.41) is 25.1. The van der Waals surface area contributed by atoms with Gasteiger partial charge in [0.05, 0.1) is 5.56 Å². The number of fused-ring (bicyclic) bond motifs is 2. The van der Waals surface area contributed by atoms with Crippen molar-refractivity contribution in [1.82, 2.24) is 0 Å². The first-order chi connectivity index (χ1) is 9.65. The maximum Gasteiger partial charge on any atom is 0.295 e. The van der Waals surface area contributed by atoms with Gasteiger partial charge in [0, 0.05) is 21.5 Å². The Bertz CT molecular complexity index is 872. The number of aromatic hydroxyl groups is 2. The monoisotopic (exact) mass is 266 g/mol. The molecule has 0 aliphatic heterocycles. The molecule has 5 heteroatoms. The van der Waals surface area contributed by atoms with Crippen molar-refractivity contribution in [2.75, 3.05) is 0 Å². The van der Waals surface area contributed by atoms with Crippen LogP contribution in [0.2, 0.25) is 0 Å². The number of amides is 1. The van der Waals surface area contributed by atoms with Crippen LogP contribution in [0.4, 0.5) is 0 Å². The molecule has 3 rings (SSSR count). The highest BCUT2D eigenvalue weighted by molar-refractivity contribution is 6.17. The summed E-state index contributed by atoms with van der Waals surface area (Å²) in [6.45, 7) is 0. The Balaban J connectivity index is 2.60. The van der Waals surface area contributed by atoms with Gasteiger partial charge in [0.1, 0.15) is 11.5 Å². The topological polar surface area (TPSA) is 93.7 Å². The number of carbonyl (C=O) groups excluding carboxylic acids is 1. The van der Waals surface area contributed by atoms with Crippen LogP contribution in [0, 0.1) is 5.53 Å². The zero-order valence-electron chi connectivity index (χ0n) is 10.3. The van der Waals surface area contributed by atoms with Gasteiger partial charge in [-0.2, -0.15) is 0 Å². The lowest BCUT2D eigenvalue weighted by Gasteiger charge is -2.11. The molecule has 3 N–H and O–H groups in total. The summed E-state index contributed by atoms with van der Waals surface area (Å²) in [5.41, 5.74) is 6.93. The number of phenolic OH excluding ortho intramolecular Hbond substituents is 2. The fraction of sp³-hybridized carbons (Fsp3) is 0. The standard InChI is InChI=1S/C15H10N2O3/c16-17-15(20)11-7-3-6-10-12(11)14(19)9-5-2-1-4-8(9)13(10)18/h1-7,16,18-19H. The second kappa shape index (κ2) is 4.31. The molecule has 0 spiro atoms. The Labute approximate surface area is 113 Å². The van der Waals surface area contributed by atoms with E-state index in [-0.39, 0.29) is 22.4 Å². The van der Waals surface area contributed by atoms with E-state index in [4.69, 9.17) is 5.53 Å². The Morgan fingerprint density at radius 2 is 1.50 bits per heavy atom. The van der Waals surface area contributed by atoms with Crippen molar-refractivity contribution in [3.63, 3.8) is 0 Å². The zero-order valence-corrected chi connectivity index (χ0v) is 10.3. The number of nitrogens with zero attached hydrogens (tertiary/aromatic N) is 1. The van der Waals surface area contributed by atoms with E-state index in [1.54, 1.807) is 36.4 Å². The van der Waals surface area contributed by atoms with Gasteiger partial charge in [0.15, 0.2) is 0 Å². The first-order valence-corrected chi connectivity index (χ1v) is 5.92. The number of hydrogen-bond donors (Lipinski definition) is 3. The molecule has 98 valence electrons. The predicted octanol–water partition coefficient (Wildman–Crippen LogP) is 3.58. The molecule has 0 aliphatic rings. The normalized spacial score (nSPS) is 10.8. The number of phenols is 2. The van der Waals surface area contributed by atoms with Gasteiger partial charge in [-0.25, -0.2) is 5.53 Å². The van der Waals surface area contributed by atoms with Crippen molar-refractivity contribution in [2.24, 2.45) is 5.11 Å². The highest BCUT2D eigenvalue weighted by Gasteiger charge is 2.18. The fourth-order valence-corrected chi connectivity index (χ4v) is 2.42. The van der Waals surface area contributed by atoms with Crippen molar-refractivity contribution in [3.05, 3.63) is 48.0 Å². The van der Waals surface area contributed by atoms with Crippen LogP contribution in [-0.4, -0.2) is 16.1 Å². The van der Waals surface area contributed by atoms with Gasteiger partial charge >= 0.3 is 0 Å². The molecule has 0 fully saturated rings. The Morgan fingerprint density at radius 3 is 2.15 bits per heavy atom. The zero-order chi connectivity index (χ0) is 14.3. The fourth-order valence-electron chi connectivity index (χ4n) is 2.42. The third-order valence-electron chi connectivity index (χ3n) is 3.33. The maximum atomic E-state index is 11.7. The van der Waals surface area contributed by atoms with Crippen molar-refractivity contribution < 1.29 is 15.0 Å². The minimum atomic E-state index is -0.763. The highest BCUT2D eigenvalue weighted by Crippen LogP contribution is 2.42. The molecule has 0 unspecified atom stereocenters. The van der Waals surface area contributed by atoms with Gasteiger partial charge in [0.25, 0.3) is 5.91 Å². The molecule has 0 bridgehead atoms. The van der Waals surface area contributed by atoms with Gasteiger partial charge in [-0.15, -0.1) is 5.11 Å². The van der Waals surface area contributed by atoms with Crippen molar-refractivity contribution >= 4 is 27.5 Å². The molecule has 0 radical (unpaired) electrons. The van der Waals surface area contributed by atoms with Crippen LogP contribution >= 0.6 is 0 Å². The lowest BCUT2D eigenvalue weighted by atomic mass is 9.97. The molecule has 0 heterocycles. The van der Waals surface area contributed by atoms with Gasteiger partial charge in [-0.1, -0.05) is 36.4 Å². The molecular weight excluding hydrogens is 256 g/mol. The summed E-state index contributed by atoms with van der Waals surface area (Å²) in [5.74, 6) is -0.866. The second-order valence-electron chi connectivity index (χ2n) is 4.39. The largest absolute Gasteiger partial charge is 0.507 e. The number of carbonyl (C=O) groups is 1. The average molecular weight is 266 g/mol. The van der Waals surface area contributed by atoms with Gasteiger partial charge < -0.3 is 10.2 Å². The predicted molar refractivity (Wildman–Crippen MR) is 74.3 cm³/mol. The van der Waals surface area contributed by atoms with E-state index in [0.29, 0.717) is 16.2 Å². The SMILES string of the molecule is N=NC(=O)c1cccc2c(O)c3ccccc3c(O)c12. The van der Waals surface area contributed by atoms with Gasteiger partial charge in [0.2, 0.25) is 0 Å². The van der Waals surface area contributed by atoms with Crippen LogP contribution in [-0.2, 0) is 0 Å². The van der Waals surface area contributed by atoms with Crippen LogP contribution < -0.4 is 0 Å². The molecule has 3 aromatic rings. The van der Waals surface area contributed by atoms with E-state index < -0.39 is 5.91 Å². The number of benzene rings is 3. The molecule has 0 atom stereocenters. The van der Waals surface area contributed by atoms with E-state index in [0.717, 1.165) is 0 Å². The summed E-state index contributed by atoms with van der Waals surface area (Å²) in [4.78, 5) is 11.7. The Morgan fingerprint density at radius 1 is 0.900 bits per heavy atom. The summed E-state index contributed by atoms with van der Waals surface area (Å²) in [6.07, 6.45) is 0. The van der Waals surface area contributed by atoms with Crippen LogP contribution in [0.15, 0.2) is 47.6 Å². The van der Waals surface area contributed by atoms with E-state index in [1.165, 1.54) is 6.07 Å². The smallest absolute Gasteiger partial charge is 0.295 e. The quantitative estimate of drug-likeness (QED) is 0.357. The van der Waals surface area contributed by atoms with Crippen LogP contribution in [0.25, 0.3) is 21.5 Å². The molecule has 0 aromatic heterocycles. The van der Waals surface area contributed by atoms with E-state index in [9.17, 15) is 15.0 Å². The van der Waals surface area contributed by atoms with Crippen LogP contribution in [0.1, 0.15) is 10.4 Å². The third-order valence-corrected chi connectivity index (χ3v) is 3.33. The van der Waals surface area contributed by atoms with Gasteiger partial charge in [-0.3, -0.25) is 4.79 Å².